The van der Waals surface area contributed by atoms with E-state index in [0.29, 0.717) is 16.9 Å². The standard InChI is InChI=1S/C17H10F3N3OS/c18-17(19,20)24-12-4-1-3-11(9-12)13-6-7-16-21-10-14(23(16)22-13)15-5-2-8-25-15/h1-10H. The smallest absolute Gasteiger partial charge is 0.406 e. The summed E-state index contributed by atoms with van der Waals surface area (Å²) in [5, 5.41) is 6.48. The fourth-order valence-corrected chi connectivity index (χ4v) is 3.19. The zero-order chi connectivity index (χ0) is 17.4. The molecule has 0 spiro atoms. The predicted octanol–water partition coefficient (Wildman–Crippen LogP) is 5.02. The Kier molecular flexibility index (Phi) is 3.69. The molecule has 1 aromatic carbocycles. The van der Waals surface area contributed by atoms with Crippen molar-refractivity contribution in [1.82, 2.24) is 14.6 Å². The van der Waals surface area contributed by atoms with Crippen LogP contribution in [0.15, 0.2) is 60.1 Å². The van der Waals surface area contributed by atoms with Crippen LogP contribution >= 0.6 is 11.3 Å². The Morgan fingerprint density at radius 3 is 2.68 bits per heavy atom. The maximum Gasteiger partial charge on any atom is 0.573 e. The highest BCUT2D eigenvalue weighted by atomic mass is 32.1. The van der Waals surface area contributed by atoms with Crippen molar-refractivity contribution in [3.8, 4) is 27.6 Å². The van der Waals surface area contributed by atoms with E-state index in [-0.39, 0.29) is 5.75 Å². The molecule has 0 aliphatic heterocycles. The fraction of sp³-hybridized carbons (Fsp3) is 0.0588. The number of hydrogen-bond acceptors (Lipinski definition) is 4. The van der Waals surface area contributed by atoms with Gasteiger partial charge in [0.15, 0.2) is 5.65 Å². The summed E-state index contributed by atoms with van der Waals surface area (Å²) in [7, 11) is 0. The second kappa shape index (κ2) is 5.89. The Hall–Kier alpha value is -2.87. The minimum atomic E-state index is -4.73. The number of imidazole rings is 1. The number of rotatable bonds is 3. The molecule has 25 heavy (non-hydrogen) atoms. The van der Waals surface area contributed by atoms with Crippen molar-refractivity contribution in [3.05, 3.63) is 60.1 Å². The molecule has 0 aliphatic carbocycles. The highest BCUT2D eigenvalue weighted by Crippen LogP contribution is 2.29. The van der Waals surface area contributed by atoms with E-state index in [1.807, 2.05) is 17.5 Å². The van der Waals surface area contributed by atoms with E-state index in [1.165, 1.54) is 18.2 Å². The van der Waals surface area contributed by atoms with Crippen LogP contribution in [0.25, 0.3) is 27.5 Å². The molecule has 0 saturated heterocycles. The number of benzene rings is 1. The summed E-state index contributed by atoms with van der Waals surface area (Å²) in [6.45, 7) is 0. The third-order valence-electron chi connectivity index (χ3n) is 3.50. The molecule has 0 atom stereocenters. The normalized spacial score (nSPS) is 11.8. The van der Waals surface area contributed by atoms with Crippen molar-refractivity contribution in [2.24, 2.45) is 0 Å². The molecule has 0 radical (unpaired) electrons. The van der Waals surface area contributed by atoms with Gasteiger partial charge in [-0.2, -0.15) is 5.10 Å². The lowest BCUT2D eigenvalue weighted by Crippen LogP contribution is -2.17. The SMILES string of the molecule is FC(F)(F)Oc1cccc(-c2ccc3ncc(-c4cccs4)n3n2)c1. The molecule has 0 aliphatic rings. The molecule has 8 heteroatoms. The zero-order valence-electron chi connectivity index (χ0n) is 12.6. The van der Waals surface area contributed by atoms with Gasteiger partial charge in [-0.3, -0.25) is 0 Å². The van der Waals surface area contributed by atoms with Gasteiger partial charge < -0.3 is 4.74 Å². The maximum absolute atomic E-state index is 12.4. The minimum Gasteiger partial charge on any atom is -0.406 e. The second-order valence-corrected chi connectivity index (χ2v) is 6.13. The maximum atomic E-state index is 12.4. The predicted molar refractivity (Wildman–Crippen MR) is 88.4 cm³/mol. The number of fused-ring (bicyclic) bond motifs is 1. The van der Waals surface area contributed by atoms with Gasteiger partial charge in [-0.25, -0.2) is 9.50 Å². The van der Waals surface area contributed by atoms with Crippen molar-refractivity contribution < 1.29 is 17.9 Å². The molecular formula is C17H10F3N3OS. The van der Waals surface area contributed by atoms with Crippen LogP contribution < -0.4 is 4.74 Å². The largest absolute Gasteiger partial charge is 0.573 e. The van der Waals surface area contributed by atoms with Gasteiger partial charge in [0.05, 0.1) is 16.8 Å². The topological polar surface area (TPSA) is 39.4 Å². The Morgan fingerprint density at radius 2 is 1.92 bits per heavy atom. The van der Waals surface area contributed by atoms with E-state index in [1.54, 1.807) is 40.2 Å². The van der Waals surface area contributed by atoms with E-state index in [9.17, 15) is 13.2 Å². The number of ether oxygens (including phenoxy) is 1. The number of halogens is 3. The van der Waals surface area contributed by atoms with Gasteiger partial charge in [0.1, 0.15) is 11.4 Å². The molecule has 0 unspecified atom stereocenters. The first kappa shape index (κ1) is 15.6. The summed E-state index contributed by atoms with van der Waals surface area (Å²) in [5.74, 6) is -0.281. The monoisotopic (exact) mass is 361 g/mol. The summed E-state index contributed by atoms with van der Waals surface area (Å²) in [6, 6.07) is 13.1. The summed E-state index contributed by atoms with van der Waals surface area (Å²) in [4.78, 5) is 5.31. The van der Waals surface area contributed by atoms with Crippen molar-refractivity contribution in [2.45, 2.75) is 6.36 Å². The molecule has 3 aromatic heterocycles. The van der Waals surface area contributed by atoms with Gasteiger partial charge in [0.2, 0.25) is 0 Å². The first-order chi connectivity index (χ1) is 12.0. The second-order valence-electron chi connectivity index (χ2n) is 5.18. The average Bonchev–Trinajstić information content (AvgIpc) is 3.22. The molecule has 126 valence electrons. The Morgan fingerprint density at radius 1 is 1.04 bits per heavy atom. The highest BCUT2D eigenvalue weighted by Gasteiger charge is 2.31. The van der Waals surface area contributed by atoms with Crippen LogP contribution in [0, 0.1) is 0 Å². The van der Waals surface area contributed by atoms with Gasteiger partial charge >= 0.3 is 6.36 Å². The molecule has 0 amide bonds. The summed E-state index contributed by atoms with van der Waals surface area (Å²) < 4.78 is 42.9. The lowest BCUT2D eigenvalue weighted by atomic mass is 10.1. The number of alkyl halides is 3. The van der Waals surface area contributed by atoms with E-state index in [4.69, 9.17) is 0 Å². The van der Waals surface area contributed by atoms with Gasteiger partial charge in [-0.15, -0.1) is 24.5 Å². The lowest BCUT2D eigenvalue weighted by molar-refractivity contribution is -0.274. The lowest BCUT2D eigenvalue weighted by Gasteiger charge is -2.10. The molecule has 0 bridgehead atoms. The number of hydrogen-bond donors (Lipinski definition) is 0. The van der Waals surface area contributed by atoms with Crippen LogP contribution in [0.4, 0.5) is 13.2 Å². The van der Waals surface area contributed by atoms with Gasteiger partial charge in [-0.05, 0) is 35.7 Å². The Labute approximate surface area is 144 Å². The van der Waals surface area contributed by atoms with Crippen LogP contribution in [0.5, 0.6) is 5.75 Å². The molecule has 0 N–H and O–H groups in total. The fourth-order valence-electron chi connectivity index (χ4n) is 2.47. The molecule has 4 aromatic rings. The average molecular weight is 361 g/mol. The van der Waals surface area contributed by atoms with Gasteiger partial charge in [-0.1, -0.05) is 18.2 Å². The van der Waals surface area contributed by atoms with Crippen LogP contribution in [0.3, 0.4) is 0 Å². The molecular weight excluding hydrogens is 351 g/mol. The number of thiophene rings is 1. The van der Waals surface area contributed by atoms with Crippen molar-refractivity contribution in [3.63, 3.8) is 0 Å². The van der Waals surface area contributed by atoms with Crippen LogP contribution in [0.1, 0.15) is 0 Å². The van der Waals surface area contributed by atoms with Crippen molar-refractivity contribution in [1.29, 1.82) is 0 Å². The molecule has 0 saturated carbocycles. The summed E-state index contributed by atoms with van der Waals surface area (Å²) in [5.41, 5.74) is 2.54. The van der Waals surface area contributed by atoms with E-state index >= 15 is 0 Å². The van der Waals surface area contributed by atoms with Gasteiger partial charge in [0.25, 0.3) is 0 Å². The van der Waals surface area contributed by atoms with E-state index in [2.05, 4.69) is 14.8 Å². The quantitative estimate of drug-likeness (QED) is 0.514. The minimum absolute atomic E-state index is 0.281. The van der Waals surface area contributed by atoms with Crippen LogP contribution in [-0.4, -0.2) is 21.0 Å². The van der Waals surface area contributed by atoms with E-state index < -0.39 is 6.36 Å². The Bertz CT molecular complexity index is 1030. The third kappa shape index (κ3) is 3.20. The zero-order valence-corrected chi connectivity index (χ0v) is 13.4. The van der Waals surface area contributed by atoms with Crippen LogP contribution in [-0.2, 0) is 0 Å². The molecule has 4 rings (SSSR count). The first-order valence-corrected chi connectivity index (χ1v) is 8.12. The van der Waals surface area contributed by atoms with Crippen molar-refractivity contribution >= 4 is 17.0 Å². The summed E-state index contributed by atoms with van der Waals surface area (Å²) in [6.07, 6.45) is -3.01. The first-order valence-electron chi connectivity index (χ1n) is 7.24. The highest BCUT2D eigenvalue weighted by molar-refractivity contribution is 7.13. The van der Waals surface area contributed by atoms with Crippen molar-refractivity contribution in [2.75, 3.05) is 0 Å². The van der Waals surface area contributed by atoms with E-state index in [0.717, 1.165) is 10.6 Å². The molecule has 0 fully saturated rings. The third-order valence-corrected chi connectivity index (χ3v) is 4.39. The summed E-state index contributed by atoms with van der Waals surface area (Å²) >= 11 is 1.56. The molecule has 3 heterocycles. The molecule has 4 nitrogen and oxygen atoms in total. The van der Waals surface area contributed by atoms with Gasteiger partial charge in [0, 0.05) is 5.56 Å². The Balaban J connectivity index is 1.77. The number of aromatic nitrogens is 3. The number of nitrogens with zero attached hydrogens (tertiary/aromatic N) is 3. The van der Waals surface area contributed by atoms with Crippen LogP contribution in [0.2, 0.25) is 0 Å².